The molecule has 3 saturated carbocycles. The van der Waals surface area contributed by atoms with E-state index in [2.05, 4.69) is 20.8 Å². The highest BCUT2D eigenvalue weighted by atomic mass is 16.5. The highest BCUT2D eigenvalue weighted by molar-refractivity contribution is 4.83. The highest BCUT2D eigenvalue weighted by Crippen LogP contribution is 2.39. The molecule has 0 amide bonds. The molecule has 146 valence electrons. The molecule has 0 aromatic carbocycles. The summed E-state index contributed by atoms with van der Waals surface area (Å²) < 4.78 is 12.9. The SMILES string of the molecule is CC(C)(C)C1CCC(OC2CCCC(OC3CCC(O)CC3)C2)CC1. The van der Waals surface area contributed by atoms with E-state index in [1.165, 1.54) is 44.9 Å². The van der Waals surface area contributed by atoms with Gasteiger partial charge in [-0.05, 0) is 88.4 Å². The number of aliphatic hydroxyl groups is 1. The fourth-order valence-corrected chi connectivity index (χ4v) is 5.14. The predicted octanol–water partition coefficient (Wildman–Crippen LogP) is 5.24. The first-order valence-corrected chi connectivity index (χ1v) is 10.9. The van der Waals surface area contributed by atoms with E-state index in [1.54, 1.807) is 0 Å². The van der Waals surface area contributed by atoms with Crippen LogP contribution in [0.5, 0.6) is 0 Å². The van der Waals surface area contributed by atoms with Gasteiger partial charge in [0.25, 0.3) is 0 Å². The van der Waals surface area contributed by atoms with Crippen molar-refractivity contribution in [3.05, 3.63) is 0 Å². The molecule has 3 heteroatoms. The average Bonchev–Trinajstić information content (AvgIpc) is 2.57. The molecule has 3 nitrogen and oxygen atoms in total. The smallest absolute Gasteiger partial charge is 0.0603 e. The molecule has 3 fully saturated rings. The van der Waals surface area contributed by atoms with Gasteiger partial charge in [0.2, 0.25) is 0 Å². The zero-order valence-corrected chi connectivity index (χ0v) is 16.7. The average molecular weight is 353 g/mol. The minimum Gasteiger partial charge on any atom is -0.393 e. The fraction of sp³-hybridized carbons (Fsp3) is 1.00. The molecule has 3 rings (SSSR count). The predicted molar refractivity (Wildman–Crippen MR) is 102 cm³/mol. The maximum absolute atomic E-state index is 9.65. The number of hydrogen-bond donors (Lipinski definition) is 1. The van der Waals surface area contributed by atoms with E-state index < -0.39 is 0 Å². The maximum Gasteiger partial charge on any atom is 0.0603 e. The van der Waals surface area contributed by atoms with E-state index in [4.69, 9.17) is 9.47 Å². The standard InChI is InChI=1S/C22H40O3/c1-22(2,3)16-7-11-18(12-8-16)24-20-5-4-6-21(15-20)25-19-13-9-17(23)10-14-19/h16-21,23H,4-15H2,1-3H3. The van der Waals surface area contributed by atoms with Gasteiger partial charge in [-0.3, -0.25) is 0 Å². The monoisotopic (exact) mass is 352 g/mol. The van der Waals surface area contributed by atoms with Crippen molar-refractivity contribution < 1.29 is 14.6 Å². The van der Waals surface area contributed by atoms with Gasteiger partial charge < -0.3 is 14.6 Å². The van der Waals surface area contributed by atoms with E-state index in [1.807, 2.05) is 0 Å². The Morgan fingerprint density at radius 3 is 1.60 bits per heavy atom. The van der Waals surface area contributed by atoms with Crippen LogP contribution in [0.15, 0.2) is 0 Å². The molecule has 0 bridgehead atoms. The van der Waals surface area contributed by atoms with Crippen molar-refractivity contribution in [2.45, 2.75) is 128 Å². The molecule has 2 atom stereocenters. The van der Waals surface area contributed by atoms with Gasteiger partial charge in [0.15, 0.2) is 0 Å². The van der Waals surface area contributed by atoms with Gasteiger partial charge in [-0.25, -0.2) is 0 Å². The highest BCUT2D eigenvalue weighted by Gasteiger charge is 2.33. The molecule has 0 aliphatic heterocycles. The molecule has 0 radical (unpaired) electrons. The molecule has 0 saturated heterocycles. The van der Waals surface area contributed by atoms with Crippen LogP contribution in [0.25, 0.3) is 0 Å². The van der Waals surface area contributed by atoms with Crippen LogP contribution in [0.1, 0.15) is 97.8 Å². The van der Waals surface area contributed by atoms with Crippen molar-refractivity contribution in [3.63, 3.8) is 0 Å². The van der Waals surface area contributed by atoms with Gasteiger partial charge in [0.05, 0.1) is 30.5 Å². The number of rotatable bonds is 4. The summed E-state index contributed by atoms with van der Waals surface area (Å²) in [5, 5.41) is 9.65. The van der Waals surface area contributed by atoms with Crippen molar-refractivity contribution in [2.24, 2.45) is 11.3 Å². The van der Waals surface area contributed by atoms with Crippen LogP contribution in [-0.4, -0.2) is 35.6 Å². The molecule has 2 unspecified atom stereocenters. The lowest BCUT2D eigenvalue weighted by molar-refractivity contribution is -0.112. The van der Waals surface area contributed by atoms with Gasteiger partial charge >= 0.3 is 0 Å². The lowest BCUT2D eigenvalue weighted by atomic mass is 9.72. The Bertz CT molecular complexity index is 387. The number of ether oxygens (including phenoxy) is 2. The Hall–Kier alpha value is -0.120. The maximum atomic E-state index is 9.65. The van der Waals surface area contributed by atoms with Crippen LogP contribution in [0, 0.1) is 11.3 Å². The van der Waals surface area contributed by atoms with E-state index >= 15 is 0 Å². The molecule has 25 heavy (non-hydrogen) atoms. The fourth-order valence-electron chi connectivity index (χ4n) is 5.14. The quantitative estimate of drug-likeness (QED) is 0.752. The second-order valence-corrected chi connectivity index (χ2v) is 9.95. The lowest BCUT2D eigenvalue weighted by Crippen LogP contribution is -2.36. The van der Waals surface area contributed by atoms with Crippen LogP contribution in [0.2, 0.25) is 0 Å². The van der Waals surface area contributed by atoms with E-state index in [0.29, 0.717) is 29.8 Å². The molecule has 0 aromatic rings. The second-order valence-electron chi connectivity index (χ2n) is 9.95. The third-order valence-corrected chi connectivity index (χ3v) is 6.89. The molecule has 3 aliphatic carbocycles. The topological polar surface area (TPSA) is 38.7 Å². The summed E-state index contributed by atoms with van der Waals surface area (Å²) in [4.78, 5) is 0. The minimum absolute atomic E-state index is 0.0921. The van der Waals surface area contributed by atoms with E-state index in [0.717, 1.165) is 38.0 Å². The van der Waals surface area contributed by atoms with Gasteiger partial charge in [-0.2, -0.15) is 0 Å². The Balaban J connectivity index is 1.39. The minimum atomic E-state index is -0.0921. The summed E-state index contributed by atoms with van der Waals surface area (Å²) in [5.74, 6) is 0.858. The van der Waals surface area contributed by atoms with Crippen LogP contribution in [0.4, 0.5) is 0 Å². The van der Waals surface area contributed by atoms with Crippen molar-refractivity contribution >= 4 is 0 Å². The lowest BCUT2D eigenvalue weighted by Gasteiger charge is -2.39. The summed E-state index contributed by atoms with van der Waals surface area (Å²) in [5.41, 5.74) is 0.447. The van der Waals surface area contributed by atoms with Gasteiger partial charge in [-0.15, -0.1) is 0 Å². The van der Waals surface area contributed by atoms with Gasteiger partial charge in [0, 0.05) is 0 Å². The summed E-state index contributed by atoms with van der Waals surface area (Å²) in [6.07, 6.45) is 15.3. The molecule has 1 N–H and O–H groups in total. The molecule has 0 spiro atoms. The van der Waals surface area contributed by atoms with Crippen LogP contribution < -0.4 is 0 Å². The molecular weight excluding hydrogens is 312 g/mol. The first-order valence-electron chi connectivity index (χ1n) is 10.9. The zero-order valence-electron chi connectivity index (χ0n) is 16.7. The summed E-state index contributed by atoms with van der Waals surface area (Å²) in [6, 6.07) is 0. The van der Waals surface area contributed by atoms with E-state index in [9.17, 15) is 5.11 Å². The number of aliphatic hydroxyl groups excluding tert-OH is 1. The molecule has 3 aliphatic rings. The Kier molecular flexibility index (Phi) is 6.84. The van der Waals surface area contributed by atoms with Crippen molar-refractivity contribution in [1.29, 1.82) is 0 Å². The van der Waals surface area contributed by atoms with Gasteiger partial charge in [-0.1, -0.05) is 20.8 Å². The summed E-state index contributed by atoms with van der Waals surface area (Å²) >= 11 is 0. The number of hydrogen-bond acceptors (Lipinski definition) is 3. The third kappa shape index (κ3) is 5.94. The molecule has 0 aromatic heterocycles. The normalized spacial score (nSPS) is 40.8. The second kappa shape index (κ2) is 8.71. The Morgan fingerprint density at radius 2 is 1.12 bits per heavy atom. The van der Waals surface area contributed by atoms with Crippen LogP contribution in [-0.2, 0) is 9.47 Å². The van der Waals surface area contributed by atoms with Crippen molar-refractivity contribution in [1.82, 2.24) is 0 Å². The molecule has 0 heterocycles. The summed E-state index contributed by atoms with van der Waals surface area (Å²) in [6.45, 7) is 7.14. The first-order chi connectivity index (χ1) is 11.9. The van der Waals surface area contributed by atoms with Crippen molar-refractivity contribution in [2.75, 3.05) is 0 Å². The van der Waals surface area contributed by atoms with Crippen molar-refractivity contribution in [3.8, 4) is 0 Å². The van der Waals surface area contributed by atoms with E-state index in [-0.39, 0.29) is 6.10 Å². The van der Waals surface area contributed by atoms with Crippen LogP contribution >= 0.6 is 0 Å². The molecular formula is C22H40O3. The Labute approximate surface area is 154 Å². The first kappa shape index (κ1) is 19.6. The van der Waals surface area contributed by atoms with Crippen LogP contribution in [0.3, 0.4) is 0 Å². The zero-order chi connectivity index (χ0) is 17.9. The summed E-state index contributed by atoms with van der Waals surface area (Å²) in [7, 11) is 0. The van der Waals surface area contributed by atoms with Gasteiger partial charge in [0.1, 0.15) is 0 Å². The third-order valence-electron chi connectivity index (χ3n) is 6.89. The largest absolute Gasteiger partial charge is 0.393 e. The Morgan fingerprint density at radius 1 is 0.640 bits per heavy atom.